The number of hydrogen-bond donors (Lipinski definition) is 1. The third kappa shape index (κ3) is 4.81. The molecule has 0 saturated heterocycles. The van der Waals surface area contributed by atoms with Crippen molar-refractivity contribution in [1.82, 2.24) is 10.2 Å². The van der Waals surface area contributed by atoms with Gasteiger partial charge in [-0.1, -0.05) is 38.1 Å². The molecule has 1 atom stereocenters. The van der Waals surface area contributed by atoms with E-state index in [4.69, 9.17) is 4.74 Å². The van der Waals surface area contributed by atoms with E-state index in [0.29, 0.717) is 32.5 Å². The van der Waals surface area contributed by atoms with Crippen molar-refractivity contribution < 1.29 is 14.3 Å². The van der Waals surface area contributed by atoms with E-state index < -0.39 is 6.04 Å². The molecule has 0 aliphatic carbocycles. The van der Waals surface area contributed by atoms with Gasteiger partial charge >= 0.3 is 0 Å². The van der Waals surface area contributed by atoms with Gasteiger partial charge in [0.25, 0.3) is 0 Å². The highest BCUT2D eigenvalue weighted by molar-refractivity contribution is 5.88. The Kier molecular flexibility index (Phi) is 6.79. The summed E-state index contributed by atoms with van der Waals surface area (Å²) >= 11 is 0. The molecule has 1 aliphatic heterocycles. The predicted octanol–water partition coefficient (Wildman–Crippen LogP) is 2.14. The molecule has 0 spiro atoms. The van der Waals surface area contributed by atoms with E-state index in [0.717, 1.165) is 17.5 Å². The molecule has 0 fully saturated rings. The van der Waals surface area contributed by atoms with Gasteiger partial charge in [-0.3, -0.25) is 9.59 Å². The van der Waals surface area contributed by atoms with Crippen LogP contribution in [-0.4, -0.2) is 43.0 Å². The fourth-order valence-corrected chi connectivity index (χ4v) is 3.03. The van der Waals surface area contributed by atoms with Crippen molar-refractivity contribution >= 4 is 11.8 Å². The molecule has 132 valence electrons. The summed E-state index contributed by atoms with van der Waals surface area (Å²) in [6, 6.07) is 7.63. The second-order valence-electron chi connectivity index (χ2n) is 6.75. The minimum absolute atomic E-state index is 0.0524. The van der Waals surface area contributed by atoms with Crippen molar-refractivity contribution in [2.45, 2.75) is 45.7 Å². The maximum absolute atomic E-state index is 12.6. The van der Waals surface area contributed by atoms with Crippen LogP contribution in [0.5, 0.6) is 0 Å². The van der Waals surface area contributed by atoms with Crippen LogP contribution < -0.4 is 5.32 Å². The minimum Gasteiger partial charge on any atom is -0.385 e. The van der Waals surface area contributed by atoms with E-state index in [-0.39, 0.29) is 17.7 Å². The Bertz CT molecular complexity index is 571. The zero-order valence-electron chi connectivity index (χ0n) is 14.9. The molecule has 1 aliphatic rings. The molecule has 1 heterocycles. The standard InChI is InChI=1S/C19H28N2O3/c1-14(2)11-18(22)21-13-16-8-5-4-7-15(16)12-17(21)19(23)20-9-6-10-24-3/h4-5,7-8,14,17H,6,9-13H2,1-3H3,(H,20,23)/t17-/m0/s1. The lowest BCUT2D eigenvalue weighted by Crippen LogP contribution is -2.52. The Hall–Kier alpha value is -1.88. The maximum Gasteiger partial charge on any atom is 0.243 e. The SMILES string of the molecule is COCCCNC(=O)[C@@H]1Cc2ccccc2CN1C(=O)CC(C)C. The molecule has 1 aromatic rings. The van der Waals surface area contributed by atoms with Crippen LogP contribution in [0.15, 0.2) is 24.3 Å². The molecule has 2 amide bonds. The zero-order valence-corrected chi connectivity index (χ0v) is 14.9. The van der Waals surface area contributed by atoms with Crippen LogP contribution in [-0.2, 0) is 27.3 Å². The lowest BCUT2D eigenvalue weighted by molar-refractivity contribution is -0.142. The Balaban J connectivity index is 2.11. The van der Waals surface area contributed by atoms with Crippen LogP contribution in [0.1, 0.15) is 37.8 Å². The predicted molar refractivity (Wildman–Crippen MR) is 93.4 cm³/mol. The molecule has 0 bridgehead atoms. The number of hydrogen-bond acceptors (Lipinski definition) is 3. The molecular formula is C19H28N2O3. The fourth-order valence-electron chi connectivity index (χ4n) is 3.03. The van der Waals surface area contributed by atoms with Gasteiger partial charge in [0.2, 0.25) is 11.8 Å². The summed E-state index contributed by atoms with van der Waals surface area (Å²) in [6.45, 7) is 5.74. The van der Waals surface area contributed by atoms with E-state index in [1.54, 1.807) is 12.0 Å². The summed E-state index contributed by atoms with van der Waals surface area (Å²) in [5.41, 5.74) is 2.29. The van der Waals surface area contributed by atoms with Gasteiger partial charge in [0.05, 0.1) is 0 Å². The van der Waals surface area contributed by atoms with Crippen molar-refractivity contribution in [1.29, 1.82) is 0 Å². The second-order valence-corrected chi connectivity index (χ2v) is 6.75. The van der Waals surface area contributed by atoms with Crippen molar-refractivity contribution in [3.05, 3.63) is 35.4 Å². The topological polar surface area (TPSA) is 58.6 Å². The Morgan fingerprint density at radius 3 is 2.67 bits per heavy atom. The highest BCUT2D eigenvalue weighted by Gasteiger charge is 2.34. The van der Waals surface area contributed by atoms with Gasteiger partial charge < -0.3 is 15.0 Å². The monoisotopic (exact) mass is 332 g/mol. The van der Waals surface area contributed by atoms with Crippen molar-refractivity contribution in [3.8, 4) is 0 Å². The van der Waals surface area contributed by atoms with Gasteiger partial charge in [-0.15, -0.1) is 0 Å². The number of carbonyl (C=O) groups is 2. The molecule has 0 saturated carbocycles. The minimum atomic E-state index is -0.423. The average Bonchev–Trinajstić information content (AvgIpc) is 2.56. The number of carbonyl (C=O) groups excluding carboxylic acids is 2. The number of methoxy groups -OCH3 is 1. The first-order chi connectivity index (χ1) is 11.5. The number of benzene rings is 1. The van der Waals surface area contributed by atoms with E-state index >= 15 is 0 Å². The largest absolute Gasteiger partial charge is 0.385 e. The molecule has 24 heavy (non-hydrogen) atoms. The maximum atomic E-state index is 12.6. The number of ether oxygens (including phenoxy) is 1. The summed E-state index contributed by atoms with van der Waals surface area (Å²) in [7, 11) is 1.65. The molecule has 2 rings (SSSR count). The smallest absolute Gasteiger partial charge is 0.243 e. The summed E-state index contributed by atoms with van der Waals surface area (Å²) in [4.78, 5) is 27.0. The summed E-state index contributed by atoms with van der Waals surface area (Å²) < 4.78 is 5.00. The Labute approximate surface area is 144 Å². The Morgan fingerprint density at radius 2 is 2.00 bits per heavy atom. The lowest BCUT2D eigenvalue weighted by Gasteiger charge is -2.36. The van der Waals surface area contributed by atoms with Crippen LogP contribution in [0.3, 0.4) is 0 Å². The second kappa shape index (κ2) is 8.83. The molecule has 5 heteroatoms. The number of rotatable bonds is 7. The van der Waals surface area contributed by atoms with E-state index in [9.17, 15) is 9.59 Å². The van der Waals surface area contributed by atoms with Crippen LogP contribution in [0, 0.1) is 5.92 Å². The Morgan fingerprint density at radius 1 is 1.29 bits per heavy atom. The zero-order chi connectivity index (χ0) is 17.5. The number of nitrogens with one attached hydrogen (secondary N) is 1. The van der Waals surface area contributed by atoms with Crippen molar-refractivity contribution in [3.63, 3.8) is 0 Å². The van der Waals surface area contributed by atoms with E-state index in [1.165, 1.54) is 0 Å². The third-order valence-corrected chi connectivity index (χ3v) is 4.28. The van der Waals surface area contributed by atoms with E-state index in [1.807, 2.05) is 38.1 Å². The van der Waals surface area contributed by atoms with Crippen LogP contribution >= 0.6 is 0 Å². The number of nitrogens with zero attached hydrogens (tertiary/aromatic N) is 1. The molecule has 0 radical (unpaired) electrons. The van der Waals surface area contributed by atoms with Gasteiger partial charge in [0.15, 0.2) is 0 Å². The first kappa shape index (κ1) is 18.5. The van der Waals surface area contributed by atoms with Gasteiger partial charge in [-0.05, 0) is 23.5 Å². The van der Waals surface area contributed by atoms with Gasteiger partial charge in [0, 0.05) is 39.6 Å². The molecular weight excluding hydrogens is 304 g/mol. The van der Waals surface area contributed by atoms with Gasteiger partial charge in [0.1, 0.15) is 6.04 Å². The normalized spacial score (nSPS) is 16.8. The molecule has 1 aromatic carbocycles. The number of fused-ring (bicyclic) bond motifs is 1. The lowest BCUT2D eigenvalue weighted by atomic mass is 9.92. The molecule has 0 unspecified atom stereocenters. The molecule has 5 nitrogen and oxygen atoms in total. The van der Waals surface area contributed by atoms with Gasteiger partial charge in [-0.2, -0.15) is 0 Å². The van der Waals surface area contributed by atoms with Crippen molar-refractivity contribution in [2.75, 3.05) is 20.3 Å². The number of amides is 2. The van der Waals surface area contributed by atoms with Crippen LogP contribution in [0.4, 0.5) is 0 Å². The summed E-state index contributed by atoms with van der Waals surface area (Å²) in [5.74, 6) is 0.259. The summed E-state index contributed by atoms with van der Waals surface area (Å²) in [6.07, 6.45) is 1.82. The van der Waals surface area contributed by atoms with E-state index in [2.05, 4.69) is 5.32 Å². The van der Waals surface area contributed by atoms with Gasteiger partial charge in [-0.25, -0.2) is 0 Å². The first-order valence-corrected chi connectivity index (χ1v) is 8.65. The first-order valence-electron chi connectivity index (χ1n) is 8.65. The van der Waals surface area contributed by atoms with Crippen molar-refractivity contribution in [2.24, 2.45) is 5.92 Å². The molecule has 1 N–H and O–H groups in total. The fraction of sp³-hybridized carbons (Fsp3) is 0.579. The van der Waals surface area contributed by atoms with Crippen LogP contribution in [0.25, 0.3) is 0 Å². The quantitative estimate of drug-likeness (QED) is 0.778. The highest BCUT2D eigenvalue weighted by atomic mass is 16.5. The summed E-state index contributed by atoms with van der Waals surface area (Å²) in [5, 5.41) is 2.94. The highest BCUT2D eigenvalue weighted by Crippen LogP contribution is 2.24. The molecule has 0 aromatic heterocycles. The third-order valence-electron chi connectivity index (χ3n) is 4.28. The average molecular weight is 332 g/mol. The van der Waals surface area contributed by atoms with Crippen LogP contribution in [0.2, 0.25) is 0 Å².